The number of hydrogen-bond donors (Lipinski definition) is 23. The smallest absolute Gasteiger partial charge is 0.256 e. The second kappa shape index (κ2) is 41.6. The van der Waals surface area contributed by atoms with Crippen molar-refractivity contribution in [3.63, 3.8) is 0 Å². The number of anilines is 3. The molecule has 3 rings (SSSR count). The Labute approximate surface area is 650 Å². The minimum atomic E-state index is -2.24. The summed E-state index contributed by atoms with van der Waals surface area (Å²) in [7, 11) is 0. The van der Waals surface area contributed by atoms with Crippen LogP contribution in [0, 0.1) is 32.1 Å². The Morgan fingerprint density at radius 2 is 0.548 bits per heavy atom. The summed E-state index contributed by atoms with van der Waals surface area (Å²) < 4.78 is -0.0842. The topological polar surface area (TPSA) is 557 Å². The van der Waals surface area contributed by atoms with Gasteiger partial charge < -0.3 is 124 Å². The average Bonchev–Trinajstić information content (AvgIpc) is 0.785. The molecule has 0 aliphatic carbocycles. The standard InChI is InChI=1S/C51H62I9N9O24/c52-28-22(31(55)37(66-48(90)40(82)19(79)13-73)33(57)24(28)45(87)63-7-16(76)10-70)43(85)61-3-1-5-69(51(93)27-30(54)26(47(89)65-9-18(78)12-72)35(59)39(36(27)60)68-50(92)42(84)21(81)15-75)6-2-4-62-44(86)23-29(53)25(46(88)64-8-17(77)11-71)34(58)38(32(23)56)67-49(91)41(83)20(80)14-74/h16-21,40-42,70-84H,1-15H2,(H,61,85)(H,62,86)(H,63,87)(H,64,88)(H,65,89)(H,66,90)(H,67,91)(H,68,92). The zero-order chi connectivity index (χ0) is 70.6. The highest BCUT2D eigenvalue weighted by molar-refractivity contribution is 14.1. The Bertz CT molecular complexity index is 3110. The van der Waals surface area contributed by atoms with Crippen LogP contribution < -0.4 is 42.5 Å². The molecule has 9 atom stereocenters. The van der Waals surface area contributed by atoms with Gasteiger partial charge in [0.1, 0.15) is 18.3 Å². The van der Waals surface area contributed by atoms with Crippen molar-refractivity contribution >= 4 is 274 Å². The summed E-state index contributed by atoms with van der Waals surface area (Å²) in [4.78, 5) is 126. The molecule has 0 bridgehead atoms. The molecular formula is C51H62I9N9O24. The van der Waals surface area contributed by atoms with Crippen LogP contribution in [0.25, 0.3) is 0 Å². The summed E-state index contributed by atoms with van der Waals surface area (Å²) in [6.45, 7) is -7.92. The SMILES string of the molecule is O=C(NCCCN(CCCNC(=O)c1c(I)c(NC(=O)C(O)C(O)CO)c(I)c(C(=O)NCC(O)CO)c1I)C(=O)c1c(I)c(NC(=O)C(O)C(O)CO)c(I)c(C(=O)NCC(O)CO)c1I)c1c(I)c(NC(=O)C(O)C(O)CO)c(I)c(C(=O)NCC(O)CO)c1I. The lowest BCUT2D eigenvalue weighted by Gasteiger charge is -2.27. The van der Waals surface area contributed by atoms with Crippen LogP contribution in [0.1, 0.15) is 75.0 Å². The number of carbonyl (C=O) groups excluding carboxylic acids is 9. The van der Waals surface area contributed by atoms with Gasteiger partial charge in [-0.15, -0.1) is 0 Å². The molecule has 42 heteroatoms. The van der Waals surface area contributed by atoms with Crippen molar-refractivity contribution in [2.75, 3.05) is 101 Å². The zero-order valence-electron chi connectivity index (χ0n) is 47.5. The van der Waals surface area contributed by atoms with E-state index in [9.17, 15) is 115 Å². The molecule has 3 aromatic rings. The van der Waals surface area contributed by atoms with E-state index >= 15 is 4.79 Å². The lowest BCUT2D eigenvalue weighted by atomic mass is 10.1. The first-order valence-electron chi connectivity index (χ1n) is 26.7. The van der Waals surface area contributed by atoms with Gasteiger partial charge in [-0.3, -0.25) is 43.2 Å². The summed E-state index contributed by atoms with van der Waals surface area (Å²) in [5, 5.41) is 168. The third kappa shape index (κ3) is 23.2. The van der Waals surface area contributed by atoms with E-state index in [1.54, 1.807) is 203 Å². The van der Waals surface area contributed by atoms with E-state index in [0.29, 0.717) is 0 Å². The number of amides is 9. The molecule has 9 amide bonds. The largest absolute Gasteiger partial charge is 0.394 e. The fourth-order valence-electron chi connectivity index (χ4n) is 7.60. The number of benzene rings is 3. The summed E-state index contributed by atoms with van der Waals surface area (Å²) in [5.74, 6) is -9.10. The van der Waals surface area contributed by atoms with Crippen LogP contribution in [0.4, 0.5) is 17.1 Å². The van der Waals surface area contributed by atoms with Gasteiger partial charge in [-0.25, -0.2) is 0 Å². The van der Waals surface area contributed by atoms with Crippen molar-refractivity contribution < 1.29 is 120 Å². The predicted molar refractivity (Wildman–Crippen MR) is 403 cm³/mol. The fraction of sp³-hybridized carbons (Fsp3) is 0.471. The number of carbonyl (C=O) groups is 9. The van der Waals surface area contributed by atoms with Gasteiger partial charge >= 0.3 is 0 Å². The summed E-state index contributed by atoms with van der Waals surface area (Å²) in [6.07, 6.45) is -17.0. The number of nitrogens with one attached hydrogen (secondary N) is 8. The van der Waals surface area contributed by atoms with E-state index in [2.05, 4.69) is 42.5 Å². The third-order valence-corrected chi connectivity index (χ3v) is 22.4. The number of rotatable bonds is 35. The molecule has 0 saturated heterocycles. The minimum absolute atomic E-state index is 0.00202. The van der Waals surface area contributed by atoms with Crippen molar-refractivity contribution in [1.82, 2.24) is 31.5 Å². The number of hydrogen-bond acceptors (Lipinski definition) is 24. The second-order valence-electron chi connectivity index (χ2n) is 19.4. The van der Waals surface area contributed by atoms with Crippen molar-refractivity contribution in [3.05, 3.63) is 65.5 Å². The first kappa shape index (κ1) is 86.1. The van der Waals surface area contributed by atoms with Gasteiger partial charge in [0.2, 0.25) is 0 Å². The summed E-state index contributed by atoms with van der Waals surface area (Å²) in [5.41, 5.74) is -2.03. The zero-order valence-corrected chi connectivity index (χ0v) is 67.0. The monoisotopic (exact) mass is 2330 g/mol. The number of nitrogens with zero attached hydrogens (tertiary/aromatic N) is 1. The molecule has 0 aromatic heterocycles. The van der Waals surface area contributed by atoms with Crippen LogP contribution in [0.3, 0.4) is 0 Å². The Morgan fingerprint density at radius 3 is 0.785 bits per heavy atom. The molecule has 518 valence electrons. The number of aliphatic hydroxyl groups is 15. The molecule has 23 N–H and O–H groups in total. The maximum absolute atomic E-state index is 15.3. The molecule has 9 unspecified atom stereocenters. The van der Waals surface area contributed by atoms with Crippen LogP contribution >= 0.6 is 203 Å². The van der Waals surface area contributed by atoms with Gasteiger partial charge in [-0.1, -0.05) is 0 Å². The molecule has 0 fully saturated rings. The Morgan fingerprint density at radius 1 is 0.323 bits per heavy atom. The maximum atomic E-state index is 15.3. The van der Waals surface area contributed by atoms with E-state index in [1.807, 2.05) is 0 Å². The van der Waals surface area contributed by atoms with Gasteiger partial charge in [0.15, 0.2) is 18.3 Å². The van der Waals surface area contributed by atoms with Crippen LogP contribution in [0.5, 0.6) is 0 Å². The first-order valence-corrected chi connectivity index (χ1v) is 36.4. The quantitative estimate of drug-likeness (QED) is 0.0200. The van der Waals surface area contributed by atoms with Crippen molar-refractivity contribution in [1.29, 1.82) is 0 Å². The van der Waals surface area contributed by atoms with E-state index in [1.165, 1.54) is 4.90 Å². The number of aliphatic hydroxyl groups excluding tert-OH is 15. The van der Waals surface area contributed by atoms with Gasteiger partial charge in [0.25, 0.3) is 53.2 Å². The molecule has 0 heterocycles. The molecule has 0 spiro atoms. The molecule has 33 nitrogen and oxygen atoms in total. The Balaban J connectivity index is 2.25. The second-order valence-corrected chi connectivity index (χ2v) is 29.1. The van der Waals surface area contributed by atoms with Crippen molar-refractivity contribution in [2.45, 2.75) is 67.8 Å². The minimum Gasteiger partial charge on any atom is -0.394 e. The lowest BCUT2D eigenvalue weighted by molar-refractivity contribution is -0.131. The normalized spacial score (nSPS) is 14.2. The molecule has 93 heavy (non-hydrogen) atoms. The van der Waals surface area contributed by atoms with Gasteiger partial charge in [0, 0.05) is 56.5 Å². The molecule has 0 saturated carbocycles. The van der Waals surface area contributed by atoms with Crippen LogP contribution in [0.15, 0.2) is 0 Å². The molecular weight excluding hydrogens is 2260 g/mol. The van der Waals surface area contributed by atoms with Gasteiger partial charge in [-0.2, -0.15) is 0 Å². The molecule has 0 radical (unpaired) electrons. The summed E-state index contributed by atoms with van der Waals surface area (Å²) in [6, 6.07) is 0. The molecule has 0 aliphatic heterocycles. The van der Waals surface area contributed by atoms with Crippen molar-refractivity contribution in [2.24, 2.45) is 0 Å². The Hall–Kier alpha value is -1.14. The van der Waals surface area contributed by atoms with E-state index in [-0.39, 0.29) is 122 Å². The van der Waals surface area contributed by atoms with Crippen LogP contribution in [0.2, 0.25) is 0 Å². The van der Waals surface area contributed by atoms with E-state index in [0.717, 1.165) is 0 Å². The highest BCUT2D eigenvalue weighted by Gasteiger charge is 2.36. The third-order valence-electron chi connectivity index (χ3n) is 12.7. The highest BCUT2D eigenvalue weighted by atomic mass is 127. The van der Waals surface area contributed by atoms with E-state index < -0.39 is 167 Å². The maximum Gasteiger partial charge on any atom is 0.256 e. The molecule has 0 aliphatic rings. The lowest BCUT2D eigenvalue weighted by Crippen LogP contribution is -2.41. The first-order chi connectivity index (χ1) is 43.6. The Kier molecular flexibility index (Phi) is 38.5. The predicted octanol–water partition coefficient (Wildman–Crippen LogP) is -3.58. The fourth-order valence-corrected chi connectivity index (χ4v) is 20.8. The van der Waals surface area contributed by atoms with Gasteiger partial charge in [0.05, 0.1) is 130 Å². The highest BCUT2D eigenvalue weighted by Crippen LogP contribution is 2.39. The average molecular weight is 2330 g/mol. The van der Waals surface area contributed by atoms with Crippen LogP contribution in [-0.2, 0) is 14.4 Å². The summed E-state index contributed by atoms with van der Waals surface area (Å²) >= 11 is 15.2. The van der Waals surface area contributed by atoms with Crippen molar-refractivity contribution in [3.8, 4) is 0 Å². The van der Waals surface area contributed by atoms with Gasteiger partial charge in [-0.05, 0) is 216 Å². The van der Waals surface area contributed by atoms with E-state index in [4.69, 9.17) is 0 Å². The molecule has 3 aromatic carbocycles. The number of halogens is 9. The van der Waals surface area contributed by atoms with Crippen LogP contribution in [-0.4, -0.2) is 275 Å².